The van der Waals surface area contributed by atoms with Crippen LogP contribution in [0.15, 0.2) is 30.5 Å². The van der Waals surface area contributed by atoms with Gasteiger partial charge in [-0.2, -0.15) is 0 Å². The normalized spacial score (nSPS) is 12.7. The molecule has 1 atom stereocenters. The van der Waals surface area contributed by atoms with E-state index in [0.717, 1.165) is 23.5 Å². The molecule has 0 fully saturated rings. The lowest BCUT2D eigenvalue weighted by Crippen LogP contribution is -2.13. The molecule has 2 aromatic rings. The van der Waals surface area contributed by atoms with Crippen LogP contribution in [0, 0.1) is 3.57 Å². The topological polar surface area (TPSA) is 43.8 Å². The van der Waals surface area contributed by atoms with Crippen LogP contribution in [-0.4, -0.2) is 9.55 Å². The van der Waals surface area contributed by atoms with E-state index in [1.807, 2.05) is 17.8 Å². The fraction of sp³-hybridized carbons (Fsp3) is 0.308. The van der Waals surface area contributed by atoms with Crippen molar-refractivity contribution in [1.82, 2.24) is 9.55 Å². The molecule has 17 heavy (non-hydrogen) atoms. The largest absolute Gasteiger partial charge is 0.336 e. The molecule has 0 aliphatic rings. The van der Waals surface area contributed by atoms with Crippen LogP contribution in [0.25, 0.3) is 11.3 Å². The van der Waals surface area contributed by atoms with Gasteiger partial charge in [0.15, 0.2) is 0 Å². The Bertz CT molecular complexity index is 502. The average Bonchev–Trinajstić information content (AvgIpc) is 2.71. The molecule has 0 saturated heterocycles. The van der Waals surface area contributed by atoms with Gasteiger partial charge in [-0.1, -0.05) is 19.1 Å². The van der Waals surface area contributed by atoms with Gasteiger partial charge >= 0.3 is 0 Å². The Balaban J connectivity index is 2.37. The molecule has 2 N–H and O–H groups in total. The van der Waals surface area contributed by atoms with E-state index in [1.54, 1.807) is 0 Å². The maximum Gasteiger partial charge on any atom is 0.126 e. The second-order valence-electron chi connectivity index (χ2n) is 4.12. The predicted octanol–water partition coefficient (Wildman–Crippen LogP) is 3.10. The van der Waals surface area contributed by atoms with Gasteiger partial charge in [-0.25, -0.2) is 4.98 Å². The van der Waals surface area contributed by atoms with E-state index < -0.39 is 0 Å². The standard InChI is InChI=1S/C13H16IN3/c1-3-11(15)13-16-12(8-17(13)2)9-4-6-10(14)7-5-9/h4-8,11H,3,15H2,1-2H3. The van der Waals surface area contributed by atoms with E-state index in [-0.39, 0.29) is 6.04 Å². The molecule has 1 aromatic heterocycles. The Hall–Kier alpha value is -0.880. The summed E-state index contributed by atoms with van der Waals surface area (Å²) < 4.78 is 3.24. The summed E-state index contributed by atoms with van der Waals surface area (Å²) in [6.45, 7) is 2.07. The van der Waals surface area contributed by atoms with E-state index in [9.17, 15) is 0 Å². The lowest BCUT2D eigenvalue weighted by Gasteiger charge is -2.07. The second kappa shape index (κ2) is 5.18. The summed E-state index contributed by atoms with van der Waals surface area (Å²) in [5.74, 6) is 0.945. The zero-order valence-electron chi connectivity index (χ0n) is 10.0. The first-order valence-electron chi connectivity index (χ1n) is 5.66. The van der Waals surface area contributed by atoms with Crippen LogP contribution in [0.1, 0.15) is 25.2 Å². The Labute approximate surface area is 115 Å². The Kier molecular flexibility index (Phi) is 3.83. The van der Waals surface area contributed by atoms with E-state index in [0.29, 0.717) is 0 Å². The summed E-state index contributed by atoms with van der Waals surface area (Å²) in [5.41, 5.74) is 8.15. The van der Waals surface area contributed by atoms with E-state index in [4.69, 9.17) is 5.73 Å². The maximum atomic E-state index is 6.03. The summed E-state index contributed by atoms with van der Waals surface area (Å²) >= 11 is 2.30. The number of aryl methyl sites for hydroxylation is 1. The number of imidazole rings is 1. The van der Waals surface area contributed by atoms with Crippen molar-refractivity contribution in [3.8, 4) is 11.3 Å². The van der Waals surface area contributed by atoms with Gasteiger partial charge in [-0.3, -0.25) is 0 Å². The van der Waals surface area contributed by atoms with Crippen LogP contribution in [0.4, 0.5) is 0 Å². The molecule has 0 amide bonds. The lowest BCUT2D eigenvalue weighted by molar-refractivity contribution is 0.617. The molecular weight excluding hydrogens is 325 g/mol. The van der Waals surface area contributed by atoms with Crippen molar-refractivity contribution in [2.75, 3.05) is 0 Å². The molecule has 1 heterocycles. The molecule has 1 unspecified atom stereocenters. The van der Waals surface area contributed by atoms with Gasteiger partial charge in [-0.15, -0.1) is 0 Å². The van der Waals surface area contributed by atoms with Gasteiger partial charge in [0.1, 0.15) is 5.82 Å². The smallest absolute Gasteiger partial charge is 0.126 e. The van der Waals surface area contributed by atoms with Crippen molar-refractivity contribution < 1.29 is 0 Å². The molecule has 3 nitrogen and oxygen atoms in total. The average molecular weight is 341 g/mol. The van der Waals surface area contributed by atoms with Crippen LogP contribution in [0.5, 0.6) is 0 Å². The summed E-state index contributed by atoms with van der Waals surface area (Å²) in [7, 11) is 1.99. The molecule has 0 spiro atoms. The first-order valence-corrected chi connectivity index (χ1v) is 6.74. The Morgan fingerprint density at radius 3 is 2.59 bits per heavy atom. The third-order valence-electron chi connectivity index (χ3n) is 2.82. The monoisotopic (exact) mass is 341 g/mol. The molecule has 0 radical (unpaired) electrons. The lowest BCUT2D eigenvalue weighted by atomic mass is 10.2. The molecule has 2 rings (SSSR count). The molecule has 4 heteroatoms. The molecule has 0 saturated carbocycles. The highest BCUT2D eigenvalue weighted by Gasteiger charge is 2.12. The minimum Gasteiger partial charge on any atom is -0.336 e. The molecule has 90 valence electrons. The summed E-state index contributed by atoms with van der Waals surface area (Å²) in [6.07, 6.45) is 2.93. The summed E-state index contributed by atoms with van der Waals surface area (Å²) in [5, 5.41) is 0. The van der Waals surface area contributed by atoms with E-state index >= 15 is 0 Å². The fourth-order valence-electron chi connectivity index (χ4n) is 1.77. The highest BCUT2D eigenvalue weighted by molar-refractivity contribution is 14.1. The number of benzene rings is 1. The van der Waals surface area contributed by atoms with Gasteiger partial charge in [0.25, 0.3) is 0 Å². The zero-order valence-corrected chi connectivity index (χ0v) is 12.2. The van der Waals surface area contributed by atoms with Crippen molar-refractivity contribution in [1.29, 1.82) is 0 Å². The first-order chi connectivity index (χ1) is 8.11. The number of nitrogens with two attached hydrogens (primary N) is 1. The minimum absolute atomic E-state index is 0.0117. The van der Waals surface area contributed by atoms with Crippen LogP contribution >= 0.6 is 22.6 Å². The number of hydrogen-bond acceptors (Lipinski definition) is 2. The highest BCUT2D eigenvalue weighted by atomic mass is 127. The first kappa shape index (κ1) is 12.6. The SMILES string of the molecule is CCC(N)c1nc(-c2ccc(I)cc2)cn1C. The summed E-state index contributed by atoms with van der Waals surface area (Å²) in [6, 6.07) is 8.36. The quantitative estimate of drug-likeness (QED) is 0.872. The van der Waals surface area contributed by atoms with E-state index in [2.05, 4.69) is 58.8 Å². The predicted molar refractivity (Wildman–Crippen MR) is 78.6 cm³/mol. The van der Waals surface area contributed by atoms with E-state index in [1.165, 1.54) is 3.57 Å². The number of rotatable bonds is 3. The minimum atomic E-state index is 0.0117. The fourth-order valence-corrected chi connectivity index (χ4v) is 2.13. The Morgan fingerprint density at radius 2 is 2.00 bits per heavy atom. The van der Waals surface area contributed by atoms with Gasteiger partial charge in [0.05, 0.1) is 11.7 Å². The second-order valence-corrected chi connectivity index (χ2v) is 5.36. The molecule has 0 bridgehead atoms. The third-order valence-corrected chi connectivity index (χ3v) is 3.54. The van der Waals surface area contributed by atoms with Crippen molar-refractivity contribution >= 4 is 22.6 Å². The number of nitrogens with zero attached hydrogens (tertiary/aromatic N) is 2. The van der Waals surface area contributed by atoms with Crippen LogP contribution in [-0.2, 0) is 7.05 Å². The van der Waals surface area contributed by atoms with Crippen LogP contribution in [0.3, 0.4) is 0 Å². The van der Waals surface area contributed by atoms with Gasteiger partial charge in [0, 0.05) is 22.4 Å². The van der Waals surface area contributed by atoms with Gasteiger partial charge in [0.2, 0.25) is 0 Å². The van der Waals surface area contributed by atoms with Crippen LogP contribution < -0.4 is 5.73 Å². The Morgan fingerprint density at radius 1 is 1.35 bits per heavy atom. The zero-order chi connectivity index (χ0) is 12.4. The van der Waals surface area contributed by atoms with Gasteiger partial charge in [-0.05, 0) is 41.1 Å². The van der Waals surface area contributed by atoms with Crippen molar-refractivity contribution in [2.45, 2.75) is 19.4 Å². The van der Waals surface area contributed by atoms with Crippen molar-refractivity contribution in [3.63, 3.8) is 0 Å². The van der Waals surface area contributed by atoms with Crippen LogP contribution in [0.2, 0.25) is 0 Å². The summed E-state index contributed by atoms with van der Waals surface area (Å²) in [4.78, 5) is 4.62. The molecule has 0 aliphatic heterocycles. The van der Waals surface area contributed by atoms with Crippen molar-refractivity contribution in [3.05, 3.63) is 39.9 Å². The molecular formula is C13H16IN3. The number of hydrogen-bond donors (Lipinski definition) is 1. The van der Waals surface area contributed by atoms with Crippen molar-refractivity contribution in [2.24, 2.45) is 12.8 Å². The molecule has 0 aliphatic carbocycles. The molecule has 1 aromatic carbocycles. The maximum absolute atomic E-state index is 6.03. The van der Waals surface area contributed by atoms with Gasteiger partial charge < -0.3 is 10.3 Å². The number of halogens is 1. The highest BCUT2D eigenvalue weighted by Crippen LogP contribution is 2.22. The number of aromatic nitrogens is 2. The third kappa shape index (κ3) is 2.69.